The van der Waals surface area contributed by atoms with Crippen LogP contribution in [0.5, 0.6) is 0 Å². The first-order valence-corrected chi connectivity index (χ1v) is 9.01. The van der Waals surface area contributed by atoms with Crippen molar-refractivity contribution in [3.63, 3.8) is 0 Å². The van der Waals surface area contributed by atoms with Crippen LogP contribution >= 0.6 is 0 Å². The van der Waals surface area contributed by atoms with Gasteiger partial charge in [0.1, 0.15) is 0 Å². The molecule has 0 saturated carbocycles. The van der Waals surface area contributed by atoms with Crippen LogP contribution in [0.1, 0.15) is 29.5 Å². The smallest absolute Gasteiger partial charge is 0.191 e. The van der Waals surface area contributed by atoms with E-state index < -0.39 is 0 Å². The maximum atomic E-state index is 4.41. The van der Waals surface area contributed by atoms with Crippen LogP contribution in [-0.4, -0.2) is 24.5 Å². The zero-order valence-corrected chi connectivity index (χ0v) is 15.7. The Kier molecular flexibility index (Phi) is 5.84. The van der Waals surface area contributed by atoms with E-state index in [0.29, 0.717) is 12.5 Å². The molecule has 3 rings (SSSR count). The minimum absolute atomic E-state index is 0.413. The van der Waals surface area contributed by atoms with E-state index in [4.69, 9.17) is 0 Å². The summed E-state index contributed by atoms with van der Waals surface area (Å²) in [6.07, 6.45) is 1.86. The zero-order valence-electron chi connectivity index (χ0n) is 15.7. The van der Waals surface area contributed by atoms with Crippen molar-refractivity contribution in [1.29, 1.82) is 0 Å². The van der Waals surface area contributed by atoms with Crippen molar-refractivity contribution in [2.45, 2.75) is 26.3 Å². The van der Waals surface area contributed by atoms with Crippen LogP contribution in [0.25, 0.3) is 10.9 Å². The Morgan fingerprint density at radius 3 is 2.58 bits per heavy atom. The van der Waals surface area contributed by atoms with Crippen LogP contribution in [0.2, 0.25) is 0 Å². The lowest BCUT2D eigenvalue weighted by Crippen LogP contribution is -2.38. The zero-order chi connectivity index (χ0) is 18.4. The predicted octanol–water partition coefficient (Wildman–Crippen LogP) is 4.01. The number of fused-ring (bicyclic) bond motifs is 1. The molecule has 4 nitrogen and oxygen atoms in total. The number of pyridine rings is 1. The number of rotatable bonds is 5. The summed E-state index contributed by atoms with van der Waals surface area (Å²) in [6, 6.07) is 19.0. The Hall–Kier alpha value is -2.88. The summed E-state index contributed by atoms with van der Waals surface area (Å²) >= 11 is 0. The number of nitrogens with one attached hydrogen (secondary N) is 2. The third kappa shape index (κ3) is 4.39. The van der Waals surface area contributed by atoms with Gasteiger partial charge in [-0.2, -0.15) is 0 Å². The van der Waals surface area contributed by atoms with Crippen LogP contribution in [-0.2, 0) is 6.54 Å². The Morgan fingerprint density at radius 2 is 1.81 bits per heavy atom. The Labute approximate surface area is 155 Å². The maximum absolute atomic E-state index is 4.41. The lowest BCUT2D eigenvalue weighted by atomic mass is 10.0. The van der Waals surface area contributed by atoms with Gasteiger partial charge in [-0.3, -0.25) is 9.98 Å². The topological polar surface area (TPSA) is 49.3 Å². The highest BCUT2D eigenvalue weighted by Crippen LogP contribution is 2.16. The van der Waals surface area contributed by atoms with Crippen molar-refractivity contribution < 1.29 is 0 Å². The summed E-state index contributed by atoms with van der Waals surface area (Å²) in [4.78, 5) is 8.76. The summed E-state index contributed by atoms with van der Waals surface area (Å²) < 4.78 is 0. The molecule has 134 valence electrons. The van der Waals surface area contributed by atoms with Crippen LogP contribution < -0.4 is 10.6 Å². The van der Waals surface area contributed by atoms with E-state index in [1.807, 2.05) is 24.4 Å². The highest BCUT2D eigenvalue weighted by molar-refractivity contribution is 5.83. The van der Waals surface area contributed by atoms with Crippen molar-refractivity contribution in [2.75, 3.05) is 13.6 Å². The highest BCUT2D eigenvalue weighted by atomic mass is 15.2. The van der Waals surface area contributed by atoms with Crippen molar-refractivity contribution in [2.24, 2.45) is 4.99 Å². The summed E-state index contributed by atoms with van der Waals surface area (Å²) in [6.45, 7) is 5.88. The number of hydrogen-bond acceptors (Lipinski definition) is 2. The third-order valence-electron chi connectivity index (χ3n) is 4.63. The van der Waals surface area contributed by atoms with E-state index in [2.05, 4.69) is 70.9 Å². The fourth-order valence-corrected chi connectivity index (χ4v) is 2.97. The molecular formula is C22H26N4. The number of aryl methyl sites for hydroxylation is 1. The first-order valence-electron chi connectivity index (χ1n) is 9.01. The van der Waals surface area contributed by atoms with Gasteiger partial charge in [0, 0.05) is 31.7 Å². The van der Waals surface area contributed by atoms with Gasteiger partial charge in [-0.1, -0.05) is 55.0 Å². The normalized spacial score (nSPS) is 12.8. The monoisotopic (exact) mass is 346 g/mol. The minimum Gasteiger partial charge on any atom is -0.356 e. The molecular weight excluding hydrogens is 320 g/mol. The lowest BCUT2D eigenvalue weighted by Gasteiger charge is -2.17. The van der Waals surface area contributed by atoms with E-state index in [-0.39, 0.29) is 0 Å². The quantitative estimate of drug-likeness (QED) is 0.542. The largest absolute Gasteiger partial charge is 0.356 e. The van der Waals surface area contributed by atoms with Gasteiger partial charge in [0.05, 0.1) is 5.52 Å². The van der Waals surface area contributed by atoms with Gasteiger partial charge >= 0.3 is 0 Å². The van der Waals surface area contributed by atoms with Crippen LogP contribution in [0, 0.1) is 6.92 Å². The molecule has 1 heterocycles. The van der Waals surface area contributed by atoms with E-state index in [1.54, 1.807) is 7.05 Å². The van der Waals surface area contributed by atoms with Gasteiger partial charge in [0.15, 0.2) is 5.96 Å². The number of hydrogen-bond donors (Lipinski definition) is 2. The summed E-state index contributed by atoms with van der Waals surface area (Å²) in [7, 11) is 1.80. The molecule has 1 unspecified atom stereocenters. The summed E-state index contributed by atoms with van der Waals surface area (Å²) in [5.41, 5.74) is 4.85. The molecule has 3 aromatic rings. The first kappa shape index (κ1) is 17.9. The van der Waals surface area contributed by atoms with Crippen molar-refractivity contribution >= 4 is 16.9 Å². The second kappa shape index (κ2) is 8.48. The Bertz CT molecular complexity index is 879. The first-order chi connectivity index (χ1) is 12.7. The average molecular weight is 346 g/mol. The average Bonchev–Trinajstić information content (AvgIpc) is 2.68. The molecule has 0 bridgehead atoms. The van der Waals surface area contributed by atoms with E-state index >= 15 is 0 Å². The molecule has 0 spiro atoms. The molecule has 4 heteroatoms. The summed E-state index contributed by atoms with van der Waals surface area (Å²) in [5.74, 6) is 1.22. The van der Waals surface area contributed by atoms with Gasteiger partial charge in [-0.25, -0.2) is 0 Å². The standard InChI is InChI=1S/C22H26N4/c1-16-8-10-18(11-9-16)17(2)14-25-22(23-3)26-15-19-12-13-24-21-7-5-4-6-20(19)21/h4-13,17H,14-15H2,1-3H3,(H2,23,25,26). The van der Waals surface area contributed by atoms with Crippen LogP contribution in [0.15, 0.2) is 65.8 Å². The molecule has 0 amide bonds. The molecule has 0 saturated heterocycles. The van der Waals surface area contributed by atoms with E-state index in [1.165, 1.54) is 22.1 Å². The number of guanidine groups is 1. The van der Waals surface area contributed by atoms with Crippen LogP contribution in [0.4, 0.5) is 0 Å². The van der Waals surface area contributed by atoms with Crippen LogP contribution in [0.3, 0.4) is 0 Å². The maximum Gasteiger partial charge on any atom is 0.191 e. The Balaban J connectivity index is 1.59. The lowest BCUT2D eigenvalue weighted by molar-refractivity contribution is 0.699. The number of benzene rings is 2. The van der Waals surface area contributed by atoms with Gasteiger partial charge in [0.2, 0.25) is 0 Å². The van der Waals surface area contributed by atoms with E-state index in [9.17, 15) is 0 Å². The molecule has 2 aromatic carbocycles. The molecule has 0 aliphatic heterocycles. The molecule has 0 radical (unpaired) electrons. The molecule has 1 aromatic heterocycles. The van der Waals surface area contributed by atoms with Crippen molar-refractivity contribution in [1.82, 2.24) is 15.6 Å². The Morgan fingerprint density at radius 1 is 1.04 bits per heavy atom. The molecule has 0 fully saturated rings. The minimum atomic E-state index is 0.413. The number of nitrogens with zero attached hydrogens (tertiary/aromatic N) is 2. The second-order valence-corrected chi connectivity index (χ2v) is 6.61. The van der Waals surface area contributed by atoms with Gasteiger partial charge < -0.3 is 10.6 Å². The SMILES string of the molecule is CN=C(NCc1ccnc2ccccc12)NCC(C)c1ccc(C)cc1. The van der Waals surface area contributed by atoms with Gasteiger partial charge in [0.25, 0.3) is 0 Å². The highest BCUT2D eigenvalue weighted by Gasteiger charge is 2.07. The fourth-order valence-electron chi connectivity index (χ4n) is 2.97. The molecule has 26 heavy (non-hydrogen) atoms. The molecule has 1 atom stereocenters. The van der Waals surface area contributed by atoms with Gasteiger partial charge in [-0.05, 0) is 36.1 Å². The number of aliphatic imine (C=N–C) groups is 1. The number of para-hydroxylation sites is 1. The number of aromatic nitrogens is 1. The predicted molar refractivity (Wildman–Crippen MR) is 110 cm³/mol. The van der Waals surface area contributed by atoms with Crippen molar-refractivity contribution in [3.05, 3.63) is 77.5 Å². The van der Waals surface area contributed by atoms with Crippen molar-refractivity contribution in [3.8, 4) is 0 Å². The molecule has 0 aliphatic rings. The molecule has 0 aliphatic carbocycles. The fraction of sp³-hybridized carbons (Fsp3) is 0.273. The molecule has 2 N–H and O–H groups in total. The van der Waals surface area contributed by atoms with E-state index in [0.717, 1.165) is 18.0 Å². The third-order valence-corrected chi connectivity index (χ3v) is 4.63. The summed E-state index contributed by atoms with van der Waals surface area (Å²) in [5, 5.41) is 8.00. The van der Waals surface area contributed by atoms with Gasteiger partial charge in [-0.15, -0.1) is 0 Å². The second-order valence-electron chi connectivity index (χ2n) is 6.61.